The molecule has 0 amide bonds. The van der Waals surface area contributed by atoms with Crippen molar-refractivity contribution in [3.05, 3.63) is 24.3 Å². The Morgan fingerprint density at radius 2 is 1.88 bits per heavy atom. The number of hydrogen-bond donors (Lipinski definition) is 1. The van der Waals surface area contributed by atoms with Crippen LogP contribution < -0.4 is 15.4 Å². The summed E-state index contributed by atoms with van der Waals surface area (Å²) in [6.07, 6.45) is 2.22. The summed E-state index contributed by atoms with van der Waals surface area (Å²) >= 11 is 0. The first-order chi connectivity index (χ1) is 7.77. The highest BCUT2D eigenvalue weighted by molar-refractivity contribution is 5.48. The van der Waals surface area contributed by atoms with Crippen molar-refractivity contribution in [1.82, 2.24) is 0 Å². The van der Waals surface area contributed by atoms with Crippen LogP contribution in [0.3, 0.4) is 0 Å². The summed E-state index contributed by atoms with van der Waals surface area (Å²) in [6, 6.07) is 8.21. The maximum Gasteiger partial charge on any atom is 0.119 e. The minimum atomic E-state index is 0.714. The Bertz CT molecular complexity index is 284. The van der Waals surface area contributed by atoms with E-state index in [4.69, 9.17) is 10.5 Å². The van der Waals surface area contributed by atoms with Gasteiger partial charge in [0.1, 0.15) is 5.75 Å². The highest BCUT2D eigenvalue weighted by Crippen LogP contribution is 2.18. The molecule has 0 atom stereocenters. The fourth-order valence-corrected chi connectivity index (χ4v) is 1.59. The van der Waals surface area contributed by atoms with Crippen LogP contribution in [-0.4, -0.2) is 26.7 Å². The lowest BCUT2D eigenvalue weighted by Crippen LogP contribution is -2.19. The number of unbranched alkanes of at least 4 members (excludes halogenated alkanes) is 1. The van der Waals surface area contributed by atoms with Gasteiger partial charge in [0.25, 0.3) is 0 Å². The van der Waals surface area contributed by atoms with Gasteiger partial charge in [-0.3, -0.25) is 0 Å². The molecule has 1 aromatic carbocycles. The average Bonchev–Trinajstić information content (AvgIpc) is 2.30. The van der Waals surface area contributed by atoms with E-state index in [2.05, 4.69) is 24.1 Å². The normalized spacial score (nSPS) is 10.2. The van der Waals surface area contributed by atoms with Crippen LogP contribution in [0.2, 0.25) is 0 Å². The van der Waals surface area contributed by atoms with Crippen LogP contribution in [0.1, 0.15) is 19.8 Å². The molecule has 0 radical (unpaired) electrons. The molecule has 3 heteroatoms. The summed E-state index contributed by atoms with van der Waals surface area (Å²) < 4.78 is 5.40. The lowest BCUT2D eigenvalue weighted by atomic mass is 10.2. The number of anilines is 1. The third-order valence-electron chi connectivity index (χ3n) is 2.54. The number of nitrogens with two attached hydrogens (primary N) is 1. The van der Waals surface area contributed by atoms with Gasteiger partial charge in [0, 0.05) is 19.3 Å². The quantitative estimate of drug-likeness (QED) is 0.719. The average molecular weight is 222 g/mol. The van der Waals surface area contributed by atoms with E-state index in [-0.39, 0.29) is 0 Å². The Morgan fingerprint density at radius 3 is 2.44 bits per heavy atom. The van der Waals surface area contributed by atoms with Crippen LogP contribution in [0.25, 0.3) is 0 Å². The van der Waals surface area contributed by atoms with Crippen LogP contribution >= 0.6 is 0 Å². The fourth-order valence-electron chi connectivity index (χ4n) is 1.59. The summed E-state index contributed by atoms with van der Waals surface area (Å²) in [4.78, 5) is 2.24. The van der Waals surface area contributed by atoms with Crippen LogP contribution in [-0.2, 0) is 0 Å². The molecule has 0 aliphatic carbocycles. The number of hydrogen-bond acceptors (Lipinski definition) is 3. The first kappa shape index (κ1) is 12.8. The van der Waals surface area contributed by atoms with Gasteiger partial charge in [-0.1, -0.05) is 0 Å². The molecule has 1 aromatic rings. The second kappa shape index (κ2) is 7.12. The molecule has 0 spiro atoms. The van der Waals surface area contributed by atoms with Crippen molar-refractivity contribution in [1.29, 1.82) is 0 Å². The highest BCUT2D eigenvalue weighted by Gasteiger charge is 2.00. The van der Waals surface area contributed by atoms with E-state index in [1.807, 2.05) is 19.1 Å². The van der Waals surface area contributed by atoms with Crippen molar-refractivity contribution < 1.29 is 4.74 Å². The zero-order valence-electron chi connectivity index (χ0n) is 10.3. The summed E-state index contributed by atoms with van der Waals surface area (Å²) in [5.41, 5.74) is 6.69. The molecule has 0 aromatic heterocycles. The van der Waals surface area contributed by atoms with Crippen LogP contribution in [0, 0.1) is 0 Å². The van der Waals surface area contributed by atoms with Crippen molar-refractivity contribution in [3.63, 3.8) is 0 Å². The van der Waals surface area contributed by atoms with Crippen molar-refractivity contribution in [2.75, 3.05) is 31.6 Å². The molecule has 0 aliphatic rings. The van der Waals surface area contributed by atoms with Crippen molar-refractivity contribution >= 4 is 5.69 Å². The fraction of sp³-hybridized carbons (Fsp3) is 0.538. The van der Waals surface area contributed by atoms with Gasteiger partial charge < -0.3 is 15.4 Å². The van der Waals surface area contributed by atoms with Gasteiger partial charge in [0.15, 0.2) is 0 Å². The molecule has 0 bridgehead atoms. The van der Waals surface area contributed by atoms with E-state index in [1.54, 1.807) is 0 Å². The van der Waals surface area contributed by atoms with E-state index in [0.717, 1.165) is 31.7 Å². The molecule has 0 saturated heterocycles. The molecule has 0 fully saturated rings. The summed E-state index contributed by atoms with van der Waals surface area (Å²) in [5.74, 6) is 0.932. The van der Waals surface area contributed by atoms with E-state index in [0.29, 0.717) is 6.61 Å². The predicted octanol–water partition coefficient (Wildman–Crippen LogP) is 2.26. The van der Waals surface area contributed by atoms with Crippen LogP contribution in [0.15, 0.2) is 24.3 Å². The zero-order valence-corrected chi connectivity index (χ0v) is 10.3. The second-order valence-electron chi connectivity index (χ2n) is 3.84. The van der Waals surface area contributed by atoms with Gasteiger partial charge >= 0.3 is 0 Å². The van der Waals surface area contributed by atoms with E-state index >= 15 is 0 Å². The molecule has 16 heavy (non-hydrogen) atoms. The topological polar surface area (TPSA) is 38.5 Å². The maximum absolute atomic E-state index is 5.47. The first-order valence-corrected chi connectivity index (χ1v) is 5.92. The van der Waals surface area contributed by atoms with Crippen molar-refractivity contribution in [3.8, 4) is 5.75 Å². The Balaban J connectivity index is 2.46. The summed E-state index contributed by atoms with van der Waals surface area (Å²) in [6.45, 7) is 4.53. The minimum Gasteiger partial charge on any atom is -0.494 e. The van der Waals surface area contributed by atoms with E-state index in [9.17, 15) is 0 Å². The highest BCUT2D eigenvalue weighted by atomic mass is 16.5. The molecule has 2 N–H and O–H groups in total. The third kappa shape index (κ3) is 4.11. The van der Waals surface area contributed by atoms with Crippen molar-refractivity contribution in [2.24, 2.45) is 5.73 Å². The molecule has 0 saturated carbocycles. The van der Waals surface area contributed by atoms with Crippen LogP contribution in [0.5, 0.6) is 5.75 Å². The predicted molar refractivity (Wildman–Crippen MR) is 69.2 cm³/mol. The SMILES string of the molecule is CCOc1ccc(N(C)CCCCN)cc1. The van der Waals surface area contributed by atoms with Crippen LogP contribution in [0.4, 0.5) is 5.69 Å². The Labute approximate surface area is 98.2 Å². The Hall–Kier alpha value is -1.22. The van der Waals surface area contributed by atoms with Gasteiger partial charge in [0.05, 0.1) is 6.61 Å². The van der Waals surface area contributed by atoms with Gasteiger partial charge in [-0.2, -0.15) is 0 Å². The van der Waals surface area contributed by atoms with E-state index in [1.165, 1.54) is 5.69 Å². The summed E-state index contributed by atoms with van der Waals surface area (Å²) in [7, 11) is 2.10. The van der Waals surface area contributed by atoms with E-state index < -0.39 is 0 Å². The van der Waals surface area contributed by atoms with Gasteiger partial charge in [-0.05, 0) is 50.6 Å². The molecule has 0 heterocycles. The lowest BCUT2D eigenvalue weighted by molar-refractivity contribution is 0.340. The largest absolute Gasteiger partial charge is 0.494 e. The van der Waals surface area contributed by atoms with Gasteiger partial charge in [-0.25, -0.2) is 0 Å². The number of ether oxygens (including phenoxy) is 1. The number of nitrogens with zero attached hydrogens (tertiary/aromatic N) is 1. The molecule has 1 rings (SSSR count). The Morgan fingerprint density at radius 1 is 1.19 bits per heavy atom. The molecule has 0 unspecified atom stereocenters. The molecule has 0 aliphatic heterocycles. The monoisotopic (exact) mass is 222 g/mol. The minimum absolute atomic E-state index is 0.714. The molecular weight excluding hydrogens is 200 g/mol. The molecular formula is C13H22N2O. The Kier molecular flexibility index (Phi) is 5.72. The maximum atomic E-state index is 5.47. The lowest BCUT2D eigenvalue weighted by Gasteiger charge is -2.19. The first-order valence-electron chi connectivity index (χ1n) is 5.92. The standard InChI is InChI=1S/C13H22N2O/c1-3-16-13-8-6-12(7-9-13)15(2)11-5-4-10-14/h6-9H,3-5,10-11,14H2,1-2H3. The number of benzene rings is 1. The number of rotatable bonds is 7. The summed E-state index contributed by atoms with van der Waals surface area (Å²) in [5, 5.41) is 0. The zero-order chi connectivity index (χ0) is 11.8. The van der Waals surface area contributed by atoms with Crippen molar-refractivity contribution in [2.45, 2.75) is 19.8 Å². The van der Waals surface area contributed by atoms with Gasteiger partial charge in [-0.15, -0.1) is 0 Å². The molecule has 90 valence electrons. The third-order valence-corrected chi connectivity index (χ3v) is 2.54. The smallest absolute Gasteiger partial charge is 0.119 e. The molecule has 3 nitrogen and oxygen atoms in total. The second-order valence-corrected chi connectivity index (χ2v) is 3.84. The van der Waals surface area contributed by atoms with Gasteiger partial charge in [0.2, 0.25) is 0 Å².